The van der Waals surface area contributed by atoms with E-state index in [2.05, 4.69) is 5.32 Å². The van der Waals surface area contributed by atoms with Crippen LogP contribution >= 0.6 is 11.6 Å². The largest absolute Gasteiger partial charge is 0.389 e. The zero-order valence-corrected chi connectivity index (χ0v) is 25.5. The molecular weight excluding hydrogens is 594 g/mol. The van der Waals surface area contributed by atoms with Crippen molar-refractivity contribution in [3.63, 3.8) is 0 Å². The van der Waals surface area contributed by atoms with Crippen molar-refractivity contribution >= 4 is 60.7 Å². The van der Waals surface area contributed by atoms with Crippen LogP contribution in [0.3, 0.4) is 0 Å². The number of carbonyl (C=O) groups excluding carboxylic acids is 1. The van der Waals surface area contributed by atoms with Crippen molar-refractivity contribution in [3.8, 4) is 0 Å². The standard InChI is InChI=1S/C35H30ClN3O4S/c1-24-13-19-30(20-14-24)44(42,43)39(28-8-6-7-25(21-28)35(41)37-27-17-15-26(36)16-18-27)23-29(40)22-38-33-11-4-2-9-31(33)32-10-3-5-12-34(32)38/h2-21,29,40H,22-23H2,1H3,(H,37,41). The average molecular weight is 624 g/mol. The molecule has 0 aliphatic heterocycles. The molecule has 0 fully saturated rings. The van der Waals surface area contributed by atoms with Crippen molar-refractivity contribution in [2.75, 3.05) is 16.2 Å². The van der Waals surface area contributed by atoms with Crippen LogP contribution in [0.4, 0.5) is 11.4 Å². The number of fused-ring (bicyclic) bond motifs is 3. The number of hydrogen-bond donors (Lipinski definition) is 2. The molecule has 5 aromatic carbocycles. The number of aliphatic hydroxyl groups is 1. The van der Waals surface area contributed by atoms with E-state index < -0.39 is 22.0 Å². The van der Waals surface area contributed by atoms with E-state index in [1.807, 2.05) is 60.0 Å². The quantitative estimate of drug-likeness (QED) is 0.177. The highest BCUT2D eigenvalue weighted by molar-refractivity contribution is 7.92. The monoisotopic (exact) mass is 623 g/mol. The van der Waals surface area contributed by atoms with Crippen LogP contribution in [0.5, 0.6) is 0 Å². The van der Waals surface area contributed by atoms with Crippen LogP contribution in [-0.4, -0.2) is 36.6 Å². The summed E-state index contributed by atoms with van der Waals surface area (Å²) in [6.45, 7) is 1.80. The van der Waals surface area contributed by atoms with E-state index in [1.165, 1.54) is 10.4 Å². The summed E-state index contributed by atoms with van der Waals surface area (Å²) in [6.07, 6.45) is -1.08. The molecule has 1 amide bonds. The topological polar surface area (TPSA) is 91.6 Å². The van der Waals surface area contributed by atoms with E-state index in [0.29, 0.717) is 10.7 Å². The minimum Gasteiger partial charge on any atom is -0.389 e. The Morgan fingerprint density at radius 2 is 1.45 bits per heavy atom. The third-order valence-electron chi connectivity index (χ3n) is 7.56. The molecule has 9 heteroatoms. The number of amides is 1. The van der Waals surface area contributed by atoms with E-state index in [0.717, 1.165) is 27.4 Å². The fraction of sp³-hybridized carbons (Fsp3) is 0.114. The van der Waals surface area contributed by atoms with Crippen LogP contribution in [0.1, 0.15) is 15.9 Å². The molecule has 0 aliphatic rings. The molecule has 222 valence electrons. The Kier molecular flexibility index (Phi) is 8.14. The highest BCUT2D eigenvalue weighted by atomic mass is 35.5. The number of hydrogen-bond acceptors (Lipinski definition) is 4. The van der Waals surface area contributed by atoms with Crippen molar-refractivity contribution < 1.29 is 18.3 Å². The third-order valence-corrected chi connectivity index (χ3v) is 9.62. The summed E-state index contributed by atoms with van der Waals surface area (Å²) >= 11 is 5.97. The van der Waals surface area contributed by atoms with Gasteiger partial charge in [0.05, 0.1) is 29.8 Å². The van der Waals surface area contributed by atoms with Crippen molar-refractivity contribution in [3.05, 3.63) is 137 Å². The predicted octanol–water partition coefficient (Wildman–Crippen LogP) is 7.27. The molecule has 6 aromatic rings. The first-order chi connectivity index (χ1) is 21.2. The number of aryl methyl sites for hydroxylation is 1. The maximum atomic E-state index is 14.1. The number of carbonyl (C=O) groups is 1. The Bertz CT molecular complexity index is 2020. The van der Waals surface area contributed by atoms with Gasteiger partial charge in [-0.3, -0.25) is 9.10 Å². The molecule has 0 saturated carbocycles. The van der Waals surface area contributed by atoms with E-state index in [9.17, 15) is 18.3 Å². The fourth-order valence-corrected chi connectivity index (χ4v) is 7.00. The van der Waals surface area contributed by atoms with Crippen LogP contribution in [0.25, 0.3) is 21.8 Å². The zero-order chi connectivity index (χ0) is 30.8. The minimum atomic E-state index is -4.12. The maximum Gasteiger partial charge on any atom is 0.264 e. The average Bonchev–Trinajstić information content (AvgIpc) is 3.34. The fourth-order valence-electron chi connectivity index (χ4n) is 5.38. The lowest BCUT2D eigenvalue weighted by atomic mass is 10.1. The summed E-state index contributed by atoms with van der Waals surface area (Å²) in [5.41, 5.74) is 3.88. The summed E-state index contributed by atoms with van der Waals surface area (Å²) in [5.74, 6) is -0.410. The van der Waals surface area contributed by atoms with E-state index in [1.54, 1.807) is 66.7 Å². The van der Waals surface area contributed by atoms with Gasteiger partial charge in [0.1, 0.15) is 0 Å². The first-order valence-corrected chi connectivity index (χ1v) is 15.9. The highest BCUT2D eigenvalue weighted by Gasteiger charge is 2.28. The molecule has 2 N–H and O–H groups in total. The Hall–Kier alpha value is -4.63. The second-order valence-corrected chi connectivity index (χ2v) is 13.0. The number of aliphatic hydroxyl groups excluding tert-OH is 1. The molecule has 1 unspecified atom stereocenters. The molecule has 7 nitrogen and oxygen atoms in total. The number of halogens is 1. The van der Waals surface area contributed by atoms with Crippen LogP contribution in [-0.2, 0) is 16.6 Å². The predicted molar refractivity (Wildman–Crippen MR) is 177 cm³/mol. The molecule has 1 heterocycles. The molecule has 1 aromatic heterocycles. The second-order valence-electron chi connectivity index (χ2n) is 10.7. The Labute approximate surface area is 261 Å². The van der Waals surface area contributed by atoms with Gasteiger partial charge in [-0.15, -0.1) is 0 Å². The number of sulfonamides is 1. The number of rotatable bonds is 9. The van der Waals surface area contributed by atoms with Gasteiger partial charge in [-0.1, -0.05) is 71.8 Å². The number of benzene rings is 5. The van der Waals surface area contributed by atoms with E-state index in [4.69, 9.17) is 11.6 Å². The molecule has 44 heavy (non-hydrogen) atoms. The molecular formula is C35H30ClN3O4S. The minimum absolute atomic E-state index is 0.0863. The zero-order valence-electron chi connectivity index (χ0n) is 23.9. The van der Waals surface area contributed by atoms with Crippen molar-refractivity contribution in [2.24, 2.45) is 0 Å². The lowest BCUT2D eigenvalue weighted by molar-refractivity contribution is 0.102. The summed E-state index contributed by atoms with van der Waals surface area (Å²) < 4.78 is 31.4. The maximum absolute atomic E-state index is 14.1. The van der Waals surface area contributed by atoms with Gasteiger partial charge in [0, 0.05) is 38.1 Å². The summed E-state index contributed by atoms with van der Waals surface area (Å²) in [6, 6.07) is 35.5. The van der Waals surface area contributed by atoms with Crippen LogP contribution in [0.2, 0.25) is 5.02 Å². The number of nitrogens with zero attached hydrogens (tertiary/aromatic N) is 2. The summed E-state index contributed by atoms with van der Waals surface area (Å²) in [4.78, 5) is 13.2. The van der Waals surface area contributed by atoms with Crippen molar-refractivity contribution in [1.29, 1.82) is 0 Å². The Morgan fingerprint density at radius 1 is 0.841 bits per heavy atom. The molecule has 0 spiro atoms. The summed E-state index contributed by atoms with van der Waals surface area (Å²) in [5, 5.41) is 17.0. The van der Waals surface area contributed by atoms with Gasteiger partial charge in [0.25, 0.3) is 15.9 Å². The Morgan fingerprint density at radius 3 is 2.09 bits per heavy atom. The molecule has 6 rings (SSSR count). The number of nitrogens with one attached hydrogen (secondary N) is 1. The molecule has 0 saturated heterocycles. The first-order valence-electron chi connectivity index (χ1n) is 14.1. The number of aromatic nitrogens is 1. The normalized spacial score (nSPS) is 12.3. The third kappa shape index (κ3) is 5.92. The van der Waals surface area contributed by atoms with Gasteiger partial charge < -0.3 is 15.0 Å². The van der Waals surface area contributed by atoms with Gasteiger partial charge in [0.15, 0.2) is 0 Å². The number of para-hydroxylation sites is 2. The SMILES string of the molecule is Cc1ccc(S(=O)(=O)N(CC(O)Cn2c3ccccc3c3ccccc32)c2cccc(C(=O)Nc3ccc(Cl)cc3)c2)cc1. The van der Waals surface area contributed by atoms with Gasteiger partial charge in [-0.25, -0.2) is 8.42 Å². The lowest BCUT2D eigenvalue weighted by Gasteiger charge is -2.28. The number of anilines is 2. The van der Waals surface area contributed by atoms with Crippen LogP contribution in [0.15, 0.2) is 126 Å². The van der Waals surface area contributed by atoms with E-state index >= 15 is 0 Å². The molecule has 0 aliphatic carbocycles. The van der Waals surface area contributed by atoms with Crippen molar-refractivity contribution in [1.82, 2.24) is 4.57 Å². The summed E-state index contributed by atoms with van der Waals surface area (Å²) in [7, 11) is -4.12. The van der Waals surface area contributed by atoms with Gasteiger partial charge in [-0.05, 0) is 73.7 Å². The van der Waals surface area contributed by atoms with Gasteiger partial charge >= 0.3 is 0 Å². The highest BCUT2D eigenvalue weighted by Crippen LogP contribution is 2.30. The Balaban J connectivity index is 1.35. The van der Waals surface area contributed by atoms with Crippen LogP contribution in [0, 0.1) is 6.92 Å². The molecule has 0 bridgehead atoms. The lowest BCUT2D eigenvalue weighted by Crippen LogP contribution is -2.39. The smallest absolute Gasteiger partial charge is 0.264 e. The van der Waals surface area contributed by atoms with Crippen molar-refractivity contribution in [2.45, 2.75) is 24.5 Å². The second kappa shape index (κ2) is 12.2. The van der Waals surface area contributed by atoms with Gasteiger partial charge in [-0.2, -0.15) is 0 Å². The first kappa shape index (κ1) is 29.4. The van der Waals surface area contributed by atoms with Crippen LogP contribution < -0.4 is 9.62 Å². The van der Waals surface area contributed by atoms with E-state index in [-0.39, 0.29) is 29.2 Å². The molecule has 0 radical (unpaired) electrons. The molecule has 1 atom stereocenters. The van der Waals surface area contributed by atoms with Gasteiger partial charge in [0.2, 0.25) is 0 Å².